The summed E-state index contributed by atoms with van der Waals surface area (Å²) in [5.74, 6) is 1.65. The van der Waals surface area contributed by atoms with Crippen molar-refractivity contribution < 1.29 is 13.5 Å². The first kappa shape index (κ1) is 23.9. The summed E-state index contributed by atoms with van der Waals surface area (Å²) in [6.45, 7) is 5.09. The van der Waals surface area contributed by atoms with Crippen molar-refractivity contribution in [2.24, 2.45) is 10.9 Å². The molecule has 1 aliphatic heterocycles. The first-order valence-corrected chi connectivity index (χ1v) is 9.21. The molecule has 0 aliphatic carbocycles. The highest BCUT2D eigenvalue weighted by atomic mass is 127. The molecule has 27 heavy (non-hydrogen) atoms. The first-order valence-electron chi connectivity index (χ1n) is 9.21. The largest absolute Gasteiger partial charge is 0.434 e. The molecule has 2 rings (SSSR count). The Bertz CT molecular complexity index is 581. The summed E-state index contributed by atoms with van der Waals surface area (Å²) in [6, 6.07) is 7.19. The van der Waals surface area contributed by atoms with Crippen molar-refractivity contribution in [3.8, 4) is 5.75 Å². The molecule has 2 N–H and O–H groups in total. The molecule has 1 aliphatic rings. The number of alkyl halides is 2. The average molecular weight is 496 g/mol. The minimum absolute atomic E-state index is 0. The number of piperidine rings is 1. The molecule has 0 radical (unpaired) electrons. The van der Waals surface area contributed by atoms with Crippen LogP contribution < -0.4 is 15.4 Å². The van der Waals surface area contributed by atoms with Crippen LogP contribution in [0, 0.1) is 5.92 Å². The molecule has 1 aromatic carbocycles. The molecule has 8 heteroatoms. The van der Waals surface area contributed by atoms with Crippen LogP contribution >= 0.6 is 24.0 Å². The second-order valence-electron chi connectivity index (χ2n) is 6.86. The zero-order valence-corrected chi connectivity index (χ0v) is 18.6. The Hall–Kier alpha value is -1.16. The van der Waals surface area contributed by atoms with Crippen LogP contribution in [-0.4, -0.2) is 50.2 Å². The minimum Gasteiger partial charge on any atom is -0.434 e. The second-order valence-corrected chi connectivity index (χ2v) is 6.86. The molecule has 1 fully saturated rings. The van der Waals surface area contributed by atoms with Gasteiger partial charge >= 0.3 is 6.61 Å². The molecule has 1 unspecified atom stereocenters. The molecule has 0 saturated carbocycles. The summed E-state index contributed by atoms with van der Waals surface area (Å²) < 4.78 is 29.5. The van der Waals surface area contributed by atoms with Crippen LogP contribution in [0.3, 0.4) is 0 Å². The standard InChI is InChI=1S/C19H30F2N4O.HI/c1-14-8-10-25(11-9-14)15(2)12-23-19(22-3)24-13-16-6-4-5-7-17(16)26-18(20)21;/h4-7,14-15,18H,8-13H2,1-3H3,(H2,22,23,24);1H. The summed E-state index contributed by atoms with van der Waals surface area (Å²) in [4.78, 5) is 6.70. The molecule has 0 bridgehead atoms. The van der Waals surface area contributed by atoms with E-state index in [1.807, 2.05) is 0 Å². The van der Waals surface area contributed by atoms with Gasteiger partial charge in [0.25, 0.3) is 0 Å². The highest BCUT2D eigenvalue weighted by Gasteiger charge is 2.20. The van der Waals surface area contributed by atoms with E-state index in [2.05, 4.69) is 39.1 Å². The number of para-hydroxylation sites is 1. The molecular formula is C19H31F2IN4O. The van der Waals surface area contributed by atoms with Crippen molar-refractivity contribution in [1.82, 2.24) is 15.5 Å². The number of hydrogen-bond donors (Lipinski definition) is 2. The van der Waals surface area contributed by atoms with E-state index in [0.717, 1.165) is 25.6 Å². The molecule has 0 spiro atoms. The van der Waals surface area contributed by atoms with Gasteiger partial charge in [0, 0.05) is 31.7 Å². The summed E-state index contributed by atoms with van der Waals surface area (Å²) in [6.07, 6.45) is 2.50. The van der Waals surface area contributed by atoms with Crippen molar-refractivity contribution in [3.63, 3.8) is 0 Å². The Morgan fingerprint density at radius 3 is 2.56 bits per heavy atom. The number of nitrogens with zero attached hydrogens (tertiary/aromatic N) is 2. The molecule has 1 atom stereocenters. The smallest absolute Gasteiger partial charge is 0.387 e. The van der Waals surface area contributed by atoms with E-state index in [4.69, 9.17) is 0 Å². The fourth-order valence-corrected chi connectivity index (χ4v) is 3.10. The van der Waals surface area contributed by atoms with Crippen LogP contribution in [0.25, 0.3) is 0 Å². The topological polar surface area (TPSA) is 48.9 Å². The molecular weight excluding hydrogens is 465 g/mol. The van der Waals surface area contributed by atoms with Gasteiger partial charge in [0.05, 0.1) is 0 Å². The van der Waals surface area contributed by atoms with E-state index in [1.54, 1.807) is 31.3 Å². The molecule has 0 aromatic heterocycles. The monoisotopic (exact) mass is 496 g/mol. The predicted octanol–water partition coefficient (Wildman–Crippen LogP) is 3.69. The first-order chi connectivity index (χ1) is 12.5. The lowest BCUT2D eigenvalue weighted by Crippen LogP contribution is -2.48. The normalized spacial score (nSPS) is 17.3. The summed E-state index contributed by atoms with van der Waals surface area (Å²) in [5.41, 5.74) is 0.661. The zero-order valence-electron chi connectivity index (χ0n) is 16.3. The molecule has 0 amide bonds. The van der Waals surface area contributed by atoms with Crippen molar-refractivity contribution >= 4 is 29.9 Å². The van der Waals surface area contributed by atoms with Gasteiger partial charge in [-0.05, 0) is 44.8 Å². The number of ether oxygens (including phenoxy) is 1. The van der Waals surface area contributed by atoms with Crippen LogP contribution in [0.1, 0.15) is 32.3 Å². The van der Waals surface area contributed by atoms with Crippen LogP contribution in [0.2, 0.25) is 0 Å². The second kappa shape index (κ2) is 12.3. The van der Waals surface area contributed by atoms with Gasteiger partial charge in [-0.15, -0.1) is 24.0 Å². The van der Waals surface area contributed by atoms with Gasteiger partial charge in [0.2, 0.25) is 0 Å². The number of benzene rings is 1. The predicted molar refractivity (Wildman–Crippen MR) is 116 cm³/mol. The Balaban J connectivity index is 0.00000364. The van der Waals surface area contributed by atoms with Gasteiger partial charge in [-0.3, -0.25) is 9.89 Å². The third kappa shape index (κ3) is 8.16. The number of guanidine groups is 1. The number of likely N-dealkylation sites (tertiary alicyclic amines) is 1. The Morgan fingerprint density at radius 1 is 1.26 bits per heavy atom. The molecule has 154 valence electrons. The Kier molecular flexibility index (Phi) is 10.9. The summed E-state index contributed by atoms with van der Waals surface area (Å²) in [5, 5.41) is 6.48. The number of rotatable bonds is 7. The fraction of sp³-hybridized carbons (Fsp3) is 0.632. The third-order valence-electron chi connectivity index (χ3n) is 4.87. The molecule has 1 saturated heterocycles. The molecule has 1 aromatic rings. The van der Waals surface area contributed by atoms with Crippen LogP contribution in [0.5, 0.6) is 5.75 Å². The quantitative estimate of drug-likeness (QED) is 0.344. The van der Waals surface area contributed by atoms with Crippen LogP contribution in [0.15, 0.2) is 29.3 Å². The number of hydrogen-bond acceptors (Lipinski definition) is 3. The fourth-order valence-electron chi connectivity index (χ4n) is 3.10. The van der Waals surface area contributed by atoms with Gasteiger partial charge in [-0.1, -0.05) is 25.1 Å². The lowest BCUT2D eigenvalue weighted by Gasteiger charge is -2.35. The maximum absolute atomic E-state index is 12.5. The Morgan fingerprint density at radius 2 is 1.93 bits per heavy atom. The Labute approximate surface area is 178 Å². The van der Waals surface area contributed by atoms with Crippen LogP contribution in [0.4, 0.5) is 8.78 Å². The summed E-state index contributed by atoms with van der Waals surface area (Å²) in [7, 11) is 1.70. The zero-order chi connectivity index (χ0) is 18.9. The van der Waals surface area contributed by atoms with E-state index in [-0.39, 0.29) is 29.7 Å². The van der Waals surface area contributed by atoms with E-state index in [1.165, 1.54) is 12.8 Å². The third-order valence-corrected chi connectivity index (χ3v) is 4.87. The van der Waals surface area contributed by atoms with Gasteiger partial charge < -0.3 is 15.4 Å². The average Bonchev–Trinajstić information content (AvgIpc) is 2.63. The maximum atomic E-state index is 12.5. The van der Waals surface area contributed by atoms with E-state index in [9.17, 15) is 8.78 Å². The van der Waals surface area contributed by atoms with Crippen molar-refractivity contribution in [2.75, 3.05) is 26.7 Å². The molecule has 1 heterocycles. The van der Waals surface area contributed by atoms with Crippen LogP contribution in [-0.2, 0) is 6.54 Å². The van der Waals surface area contributed by atoms with E-state index < -0.39 is 6.61 Å². The van der Waals surface area contributed by atoms with Gasteiger partial charge in [0.15, 0.2) is 5.96 Å². The SMILES string of the molecule is CN=C(NCc1ccccc1OC(F)F)NCC(C)N1CCC(C)CC1.I. The van der Waals surface area contributed by atoms with Crippen molar-refractivity contribution in [3.05, 3.63) is 29.8 Å². The van der Waals surface area contributed by atoms with Crippen molar-refractivity contribution in [1.29, 1.82) is 0 Å². The van der Waals surface area contributed by atoms with E-state index >= 15 is 0 Å². The highest BCUT2D eigenvalue weighted by molar-refractivity contribution is 14.0. The summed E-state index contributed by atoms with van der Waals surface area (Å²) >= 11 is 0. The minimum atomic E-state index is -2.83. The van der Waals surface area contributed by atoms with E-state index in [0.29, 0.717) is 24.1 Å². The number of aliphatic imine (C=N–C) groups is 1. The lowest BCUT2D eigenvalue weighted by atomic mass is 9.98. The molecule has 5 nitrogen and oxygen atoms in total. The number of halogens is 3. The van der Waals surface area contributed by atoms with Gasteiger partial charge in [-0.2, -0.15) is 8.78 Å². The maximum Gasteiger partial charge on any atom is 0.387 e. The van der Waals surface area contributed by atoms with Crippen molar-refractivity contribution in [2.45, 2.75) is 45.9 Å². The van der Waals surface area contributed by atoms with Gasteiger partial charge in [0.1, 0.15) is 5.75 Å². The highest BCUT2D eigenvalue weighted by Crippen LogP contribution is 2.20. The number of nitrogens with one attached hydrogen (secondary N) is 2. The van der Waals surface area contributed by atoms with Gasteiger partial charge in [-0.25, -0.2) is 0 Å². The lowest BCUT2D eigenvalue weighted by molar-refractivity contribution is -0.0504.